The first-order valence-electron chi connectivity index (χ1n) is 7.61. The van der Waals surface area contributed by atoms with Crippen LogP contribution in [0.4, 0.5) is 14.5 Å². The second kappa shape index (κ2) is 7.71. The Labute approximate surface area is 145 Å². The van der Waals surface area contributed by atoms with E-state index in [2.05, 4.69) is 10.0 Å². The second-order valence-electron chi connectivity index (χ2n) is 5.54. The molecule has 0 aliphatic rings. The summed E-state index contributed by atoms with van der Waals surface area (Å²) in [7, 11) is -3.66. The minimum atomic E-state index is -3.66. The molecule has 0 aliphatic heterocycles. The third-order valence-corrected chi connectivity index (χ3v) is 5.18. The summed E-state index contributed by atoms with van der Waals surface area (Å²) in [5.41, 5.74) is 0.284. The molecule has 0 unspecified atom stereocenters. The van der Waals surface area contributed by atoms with E-state index in [1.165, 1.54) is 30.3 Å². The van der Waals surface area contributed by atoms with E-state index in [0.717, 1.165) is 12.1 Å². The van der Waals surface area contributed by atoms with Gasteiger partial charge in [-0.2, -0.15) is 0 Å². The van der Waals surface area contributed by atoms with Crippen molar-refractivity contribution in [3.05, 3.63) is 59.7 Å². The van der Waals surface area contributed by atoms with Gasteiger partial charge in [0.2, 0.25) is 10.0 Å². The normalized spacial score (nSPS) is 12.6. The minimum absolute atomic E-state index is 0.0391. The highest BCUT2D eigenvalue weighted by molar-refractivity contribution is 7.89. The van der Waals surface area contributed by atoms with Crippen molar-refractivity contribution in [1.29, 1.82) is 0 Å². The van der Waals surface area contributed by atoms with Crippen LogP contribution in [0.25, 0.3) is 0 Å². The fraction of sp³-hybridized carbons (Fsp3) is 0.235. The Morgan fingerprint density at radius 1 is 1.08 bits per heavy atom. The lowest BCUT2D eigenvalue weighted by atomic mass is 10.2. The van der Waals surface area contributed by atoms with Gasteiger partial charge in [-0.15, -0.1) is 0 Å². The average molecular weight is 368 g/mol. The summed E-state index contributed by atoms with van der Waals surface area (Å²) in [5.74, 6) is -2.65. The highest BCUT2D eigenvalue weighted by Crippen LogP contribution is 2.16. The summed E-state index contributed by atoms with van der Waals surface area (Å²) in [4.78, 5) is 12.1. The SMILES string of the molecule is CC[C@H](C)NS(=O)(=O)c1ccc(C(=O)Nc2ccc(F)c(F)c2)cc1. The number of rotatable bonds is 6. The quantitative estimate of drug-likeness (QED) is 0.822. The van der Waals surface area contributed by atoms with Gasteiger partial charge in [-0.25, -0.2) is 21.9 Å². The van der Waals surface area contributed by atoms with E-state index in [-0.39, 0.29) is 22.2 Å². The molecule has 134 valence electrons. The first kappa shape index (κ1) is 19.0. The molecule has 5 nitrogen and oxygen atoms in total. The van der Waals surface area contributed by atoms with Gasteiger partial charge in [-0.3, -0.25) is 4.79 Å². The Morgan fingerprint density at radius 3 is 2.28 bits per heavy atom. The molecule has 0 saturated carbocycles. The molecule has 0 radical (unpaired) electrons. The van der Waals surface area contributed by atoms with E-state index in [4.69, 9.17) is 0 Å². The summed E-state index contributed by atoms with van der Waals surface area (Å²) in [5, 5.41) is 2.42. The number of nitrogens with one attached hydrogen (secondary N) is 2. The highest BCUT2D eigenvalue weighted by atomic mass is 32.2. The molecule has 0 saturated heterocycles. The largest absolute Gasteiger partial charge is 0.322 e. The van der Waals surface area contributed by atoms with E-state index < -0.39 is 27.6 Å². The first-order chi connectivity index (χ1) is 11.7. The van der Waals surface area contributed by atoms with Gasteiger partial charge >= 0.3 is 0 Å². The smallest absolute Gasteiger partial charge is 0.255 e. The zero-order valence-electron chi connectivity index (χ0n) is 13.7. The lowest BCUT2D eigenvalue weighted by Gasteiger charge is -2.12. The number of amides is 1. The molecule has 0 fully saturated rings. The zero-order chi connectivity index (χ0) is 18.6. The second-order valence-corrected chi connectivity index (χ2v) is 7.25. The van der Waals surface area contributed by atoms with Crippen molar-refractivity contribution in [3.63, 3.8) is 0 Å². The summed E-state index contributed by atoms with van der Waals surface area (Å²) in [6, 6.07) is 8.10. The van der Waals surface area contributed by atoms with Gasteiger partial charge in [-0.05, 0) is 49.7 Å². The van der Waals surface area contributed by atoms with Crippen molar-refractivity contribution in [2.75, 3.05) is 5.32 Å². The predicted molar refractivity (Wildman–Crippen MR) is 90.8 cm³/mol. The number of carbonyl (C=O) groups is 1. The maximum atomic E-state index is 13.1. The van der Waals surface area contributed by atoms with Gasteiger partial charge in [0.05, 0.1) is 4.90 Å². The maximum Gasteiger partial charge on any atom is 0.255 e. The van der Waals surface area contributed by atoms with Crippen LogP contribution in [0.5, 0.6) is 0 Å². The van der Waals surface area contributed by atoms with E-state index in [0.29, 0.717) is 6.42 Å². The molecule has 0 aliphatic carbocycles. The number of anilines is 1. The molecular formula is C17H18F2N2O3S. The summed E-state index contributed by atoms with van der Waals surface area (Å²) >= 11 is 0. The number of benzene rings is 2. The van der Waals surface area contributed by atoms with Crippen LogP contribution in [0, 0.1) is 11.6 Å². The van der Waals surface area contributed by atoms with Crippen molar-refractivity contribution in [3.8, 4) is 0 Å². The molecule has 8 heteroatoms. The Kier molecular flexibility index (Phi) is 5.86. The van der Waals surface area contributed by atoms with Crippen molar-refractivity contribution in [2.45, 2.75) is 31.2 Å². The van der Waals surface area contributed by atoms with Crippen molar-refractivity contribution >= 4 is 21.6 Å². The number of hydrogen-bond donors (Lipinski definition) is 2. The van der Waals surface area contributed by atoms with Gasteiger partial charge in [0, 0.05) is 23.4 Å². The standard InChI is InChI=1S/C17H18F2N2O3S/c1-3-11(2)21-25(23,24)14-7-4-12(5-8-14)17(22)20-13-6-9-15(18)16(19)10-13/h4-11,21H,3H2,1-2H3,(H,20,22)/t11-/m0/s1. The van der Waals surface area contributed by atoms with Crippen LogP contribution in [0.3, 0.4) is 0 Å². The summed E-state index contributed by atoms with van der Waals surface area (Å²) < 4.78 is 52.9. The number of halogens is 2. The lowest BCUT2D eigenvalue weighted by molar-refractivity contribution is 0.102. The summed E-state index contributed by atoms with van der Waals surface area (Å²) in [6.45, 7) is 3.61. The molecule has 2 aromatic carbocycles. The van der Waals surface area contributed by atoms with Crippen LogP contribution in [0.2, 0.25) is 0 Å². The fourth-order valence-corrected chi connectivity index (χ4v) is 3.31. The van der Waals surface area contributed by atoms with Gasteiger partial charge < -0.3 is 5.32 Å². The van der Waals surface area contributed by atoms with E-state index in [9.17, 15) is 22.0 Å². The molecule has 0 bridgehead atoms. The van der Waals surface area contributed by atoms with Gasteiger partial charge in [0.25, 0.3) is 5.91 Å². The molecule has 0 spiro atoms. The molecule has 2 N–H and O–H groups in total. The topological polar surface area (TPSA) is 75.3 Å². The van der Waals surface area contributed by atoms with Crippen LogP contribution in [0.1, 0.15) is 30.6 Å². The Morgan fingerprint density at radius 2 is 1.72 bits per heavy atom. The Hall–Kier alpha value is -2.32. The summed E-state index contributed by atoms with van der Waals surface area (Å²) in [6.07, 6.45) is 0.647. The predicted octanol–water partition coefficient (Wildman–Crippen LogP) is 3.29. The fourth-order valence-electron chi connectivity index (χ4n) is 1.98. The number of carbonyl (C=O) groups excluding carboxylic acids is 1. The maximum absolute atomic E-state index is 13.1. The molecule has 0 aromatic heterocycles. The van der Waals surface area contributed by atoms with E-state index in [1.54, 1.807) is 6.92 Å². The van der Waals surface area contributed by atoms with Crippen LogP contribution in [-0.2, 0) is 10.0 Å². The Bertz CT molecular complexity index is 868. The van der Waals surface area contributed by atoms with Gasteiger partial charge in [0.15, 0.2) is 11.6 Å². The third kappa shape index (κ3) is 4.83. The van der Waals surface area contributed by atoms with Crippen LogP contribution < -0.4 is 10.0 Å². The van der Waals surface area contributed by atoms with Crippen LogP contribution in [0.15, 0.2) is 47.4 Å². The van der Waals surface area contributed by atoms with Gasteiger partial charge in [-0.1, -0.05) is 6.92 Å². The Balaban J connectivity index is 2.13. The monoisotopic (exact) mass is 368 g/mol. The molecule has 2 rings (SSSR count). The third-order valence-electron chi connectivity index (χ3n) is 3.57. The molecule has 1 amide bonds. The molecule has 1 atom stereocenters. The van der Waals surface area contributed by atoms with Crippen molar-refractivity contribution in [1.82, 2.24) is 4.72 Å². The number of hydrogen-bond acceptors (Lipinski definition) is 3. The minimum Gasteiger partial charge on any atom is -0.322 e. The average Bonchev–Trinajstić information content (AvgIpc) is 2.57. The van der Waals surface area contributed by atoms with Crippen molar-refractivity contribution < 1.29 is 22.0 Å². The van der Waals surface area contributed by atoms with E-state index in [1.807, 2.05) is 6.92 Å². The van der Waals surface area contributed by atoms with Crippen molar-refractivity contribution in [2.24, 2.45) is 0 Å². The van der Waals surface area contributed by atoms with Crippen LogP contribution >= 0.6 is 0 Å². The molecule has 25 heavy (non-hydrogen) atoms. The molecule has 0 heterocycles. The lowest BCUT2D eigenvalue weighted by Crippen LogP contribution is -2.32. The van der Waals surface area contributed by atoms with Crippen LogP contribution in [-0.4, -0.2) is 20.4 Å². The first-order valence-corrected chi connectivity index (χ1v) is 9.10. The molecule has 2 aromatic rings. The number of sulfonamides is 1. The zero-order valence-corrected chi connectivity index (χ0v) is 14.5. The van der Waals surface area contributed by atoms with Gasteiger partial charge in [0.1, 0.15) is 0 Å². The van der Waals surface area contributed by atoms with E-state index >= 15 is 0 Å². The highest BCUT2D eigenvalue weighted by Gasteiger charge is 2.17. The molecular weight excluding hydrogens is 350 g/mol.